The van der Waals surface area contributed by atoms with E-state index in [1.165, 1.54) is 0 Å². The van der Waals surface area contributed by atoms with Gasteiger partial charge in [0.05, 0.1) is 9.95 Å². The molecule has 2 rings (SSSR count). The number of piperidine rings is 1. The highest BCUT2D eigenvalue weighted by molar-refractivity contribution is 6.31. The molecule has 0 saturated carbocycles. The van der Waals surface area contributed by atoms with Gasteiger partial charge in [-0.15, -0.1) is 0 Å². The first-order chi connectivity index (χ1) is 9.40. The van der Waals surface area contributed by atoms with Crippen LogP contribution >= 0.6 is 11.6 Å². The molecule has 1 aromatic carbocycles. The van der Waals surface area contributed by atoms with Crippen molar-refractivity contribution in [1.29, 1.82) is 0 Å². The molecule has 1 N–H and O–H groups in total. The summed E-state index contributed by atoms with van der Waals surface area (Å²) in [7, 11) is 0. The summed E-state index contributed by atoms with van der Waals surface area (Å²) in [6.07, 6.45) is 3.13. The van der Waals surface area contributed by atoms with Gasteiger partial charge in [0.15, 0.2) is 0 Å². The van der Waals surface area contributed by atoms with Crippen LogP contribution in [0.15, 0.2) is 12.1 Å². The zero-order valence-corrected chi connectivity index (χ0v) is 12.2. The minimum absolute atomic E-state index is 0.137. The molecule has 1 heterocycles. The summed E-state index contributed by atoms with van der Waals surface area (Å²) in [6.45, 7) is 4.08. The third-order valence-electron chi connectivity index (χ3n) is 3.68. The lowest BCUT2D eigenvalue weighted by Gasteiger charge is -2.39. The molecule has 1 saturated heterocycles. The van der Waals surface area contributed by atoms with Gasteiger partial charge in [-0.05, 0) is 26.7 Å². The molecule has 7 heteroatoms. The van der Waals surface area contributed by atoms with Crippen LogP contribution in [-0.2, 0) is 0 Å². The van der Waals surface area contributed by atoms with Crippen LogP contribution < -0.4 is 5.43 Å². The van der Waals surface area contributed by atoms with E-state index in [1.54, 1.807) is 0 Å². The fraction of sp³-hybridized carbons (Fsp3) is 0.538. The Morgan fingerprint density at radius 3 is 2.55 bits per heavy atom. The summed E-state index contributed by atoms with van der Waals surface area (Å²) in [5, 5.41) is 12.8. The van der Waals surface area contributed by atoms with E-state index >= 15 is 0 Å². The van der Waals surface area contributed by atoms with Crippen LogP contribution in [0.3, 0.4) is 0 Å². The largest absolute Gasteiger partial charge is 0.312 e. The zero-order valence-electron chi connectivity index (χ0n) is 11.4. The van der Waals surface area contributed by atoms with Gasteiger partial charge in [-0.1, -0.05) is 18.0 Å². The number of nitro benzene ring substituents is 1. The Kier molecular flexibility index (Phi) is 4.45. The first kappa shape index (κ1) is 15.0. The van der Waals surface area contributed by atoms with E-state index < -0.39 is 10.7 Å². The zero-order chi connectivity index (χ0) is 14.9. The lowest BCUT2D eigenvalue weighted by molar-refractivity contribution is -0.384. The predicted molar refractivity (Wildman–Crippen MR) is 76.3 cm³/mol. The first-order valence-corrected chi connectivity index (χ1v) is 6.96. The molecule has 20 heavy (non-hydrogen) atoms. The van der Waals surface area contributed by atoms with Crippen molar-refractivity contribution in [3.8, 4) is 0 Å². The van der Waals surface area contributed by atoms with Gasteiger partial charge in [-0.2, -0.15) is 0 Å². The van der Waals surface area contributed by atoms with Gasteiger partial charge in [0.1, 0.15) is 11.5 Å². The van der Waals surface area contributed by atoms with Crippen molar-refractivity contribution in [2.75, 3.05) is 5.43 Å². The third-order valence-corrected chi connectivity index (χ3v) is 3.97. The molecule has 1 aromatic rings. The van der Waals surface area contributed by atoms with E-state index in [4.69, 9.17) is 11.6 Å². The number of hydrogen-bond donors (Lipinski definition) is 1. The van der Waals surface area contributed by atoms with Gasteiger partial charge in [-0.25, -0.2) is 9.40 Å². The molecule has 5 nitrogen and oxygen atoms in total. The molecule has 110 valence electrons. The van der Waals surface area contributed by atoms with E-state index in [0.717, 1.165) is 31.4 Å². The van der Waals surface area contributed by atoms with Crippen molar-refractivity contribution in [1.82, 2.24) is 5.01 Å². The first-order valence-electron chi connectivity index (χ1n) is 6.58. The molecule has 1 fully saturated rings. The number of hydrogen-bond acceptors (Lipinski definition) is 4. The topological polar surface area (TPSA) is 58.4 Å². The Labute approximate surface area is 121 Å². The molecule has 2 atom stereocenters. The molecule has 1 aliphatic rings. The summed E-state index contributed by atoms with van der Waals surface area (Å²) < 4.78 is 13.6. The Morgan fingerprint density at radius 1 is 1.40 bits per heavy atom. The van der Waals surface area contributed by atoms with Crippen molar-refractivity contribution in [2.24, 2.45) is 0 Å². The van der Waals surface area contributed by atoms with E-state index in [2.05, 4.69) is 5.43 Å². The number of anilines is 1. The number of benzene rings is 1. The predicted octanol–water partition coefficient (Wildman–Crippen LogP) is 3.98. The molecular formula is C13H17ClFN3O2. The Bertz CT molecular complexity index is 517. The lowest BCUT2D eigenvalue weighted by atomic mass is 10.00. The van der Waals surface area contributed by atoms with Gasteiger partial charge in [0.2, 0.25) is 0 Å². The van der Waals surface area contributed by atoms with Crippen molar-refractivity contribution in [2.45, 2.75) is 45.2 Å². The summed E-state index contributed by atoms with van der Waals surface area (Å²) in [5.41, 5.74) is 2.91. The molecule has 0 aromatic heterocycles. The lowest BCUT2D eigenvalue weighted by Crippen LogP contribution is -2.47. The fourth-order valence-corrected chi connectivity index (χ4v) is 2.72. The Hall–Kier alpha value is -1.40. The van der Waals surface area contributed by atoms with Crippen molar-refractivity contribution >= 4 is 23.0 Å². The number of rotatable bonds is 3. The maximum absolute atomic E-state index is 13.6. The van der Waals surface area contributed by atoms with Gasteiger partial charge in [0.25, 0.3) is 5.69 Å². The Balaban J connectivity index is 2.32. The van der Waals surface area contributed by atoms with E-state index in [1.807, 2.05) is 18.9 Å². The number of nitrogens with one attached hydrogen (secondary N) is 1. The van der Waals surface area contributed by atoms with Gasteiger partial charge in [0, 0.05) is 24.2 Å². The van der Waals surface area contributed by atoms with E-state index in [9.17, 15) is 14.5 Å². The number of hydrazine groups is 1. The van der Waals surface area contributed by atoms with Gasteiger partial charge < -0.3 is 5.43 Å². The number of nitro groups is 1. The minimum atomic E-state index is -0.669. The average Bonchev–Trinajstić information content (AvgIpc) is 2.37. The fourth-order valence-electron chi connectivity index (χ4n) is 2.56. The van der Waals surface area contributed by atoms with E-state index in [0.29, 0.717) is 0 Å². The quantitative estimate of drug-likeness (QED) is 0.678. The van der Waals surface area contributed by atoms with Crippen LogP contribution in [0.2, 0.25) is 5.02 Å². The standard InChI is InChI=1S/C13H17ClFN3O2/c1-8-4-3-5-9(2)17(8)16-12-7-11(15)10(14)6-13(12)18(19)20/h6-9,16H,3-5H2,1-2H3. The van der Waals surface area contributed by atoms with Crippen molar-refractivity contribution < 1.29 is 9.31 Å². The summed E-state index contributed by atoms with van der Waals surface area (Å²) in [5.74, 6) is -0.669. The summed E-state index contributed by atoms with van der Waals surface area (Å²) in [4.78, 5) is 10.5. The number of nitrogens with zero attached hydrogens (tertiary/aromatic N) is 2. The molecule has 0 spiro atoms. The van der Waals surface area contributed by atoms with Crippen LogP contribution in [0, 0.1) is 15.9 Å². The Morgan fingerprint density at radius 2 is 2.00 bits per heavy atom. The maximum Gasteiger partial charge on any atom is 0.295 e. The minimum Gasteiger partial charge on any atom is -0.312 e. The molecular weight excluding hydrogens is 285 g/mol. The van der Waals surface area contributed by atoms with Crippen LogP contribution in [0.4, 0.5) is 15.8 Å². The molecule has 2 unspecified atom stereocenters. The summed E-state index contributed by atoms with van der Waals surface area (Å²) in [6, 6.07) is 2.58. The molecule has 0 radical (unpaired) electrons. The normalized spacial score (nSPS) is 23.6. The SMILES string of the molecule is CC1CCCC(C)N1Nc1cc(F)c(Cl)cc1[N+](=O)[O-]. The van der Waals surface area contributed by atoms with Crippen LogP contribution in [0.5, 0.6) is 0 Å². The second kappa shape index (κ2) is 5.93. The maximum atomic E-state index is 13.6. The highest BCUT2D eigenvalue weighted by Gasteiger charge is 2.27. The molecule has 0 aliphatic carbocycles. The van der Waals surface area contributed by atoms with E-state index in [-0.39, 0.29) is 28.5 Å². The number of halogens is 2. The van der Waals surface area contributed by atoms with Crippen molar-refractivity contribution in [3.63, 3.8) is 0 Å². The molecule has 0 amide bonds. The second-order valence-corrected chi connectivity index (χ2v) is 5.60. The smallest absolute Gasteiger partial charge is 0.295 e. The molecule has 1 aliphatic heterocycles. The second-order valence-electron chi connectivity index (χ2n) is 5.19. The monoisotopic (exact) mass is 301 g/mol. The summed E-state index contributed by atoms with van der Waals surface area (Å²) >= 11 is 5.61. The van der Waals surface area contributed by atoms with Gasteiger partial charge >= 0.3 is 0 Å². The van der Waals surface area contributed by atoms with Crippen molar-refractivity contribution in [3.05, 3.63) is 33.1 Å². The average molecular weight is 302 g/mol. The highest BCUT2D eigenvalue weighted by atomic mass is 35.5. The molecule has 0 bridgehead atoms. The van der Waals surface area contributed by atoms with Crippen LogP contribution in [0.1, 0.15) is 33.1 Å². The van der Waals surface area contributed by atoms with Gasteiger partial charge in [-0.3, -0.25) is 10.1 Å². The van der Waals surface area contributed by atoms with Crippen LogP contribution in [0.25, 0.3) is 0 Å². The van der Waals surface area contributed by atoms with Crippen LogP contribution in [-0.4, -0.2) is 22.0 Å². The third kappa shape index (κ3) is 3.02. The highest BCUT2D eigenvalue weighted by Crippen LogP contribution is 2.32.